The van der Waals surface area contributed by atoms with Crippen LogP contribution in [-0.2, 0) is 17.6 Å². The van der Waals surface area contributed by atoms with Gasteiger partial charge in [-0.3, -0.25) is 4.79 Å². The number of nitrogens with zero attached hydrogens (tertiary/aromatic N) is 3. The summed E-state index contributed by atoms with van der Waals surface area (Å²) >= 11 is 0. The van der Waals surface area contributed by atoms with Crippen LogP contribution in [0.25, 0.3) is 11.1 Å². The highest BCUT2D eigenvalue weighted by atomic mass is 16.4. The molecular formula is C23H25N3O3. The van der Waals surface area contributed by atoms with E-state index in [0.717, 1.165) is 18.4 Å². The molecule has 1 atom stereocenters. The molecule has 1 amide bonds. The van der Waals surface area contributed by atoms with Crippen LogP contribution in [0.2, 0.25) is 0 Å². The monoisotopic (exact) mass is 391 g/mol. The molecule has 0 aliphatic carbocycles. The zero-order valence-electron chi connectivity index (χ0n) is 16.3. The van der Waals surface area contributed by atoms with Gasteiger partial charge in [-0.05, 0) is 29.5 Å². The molecule has 0 saturated carbocycles. The third kappa shape index (κ3) is 5.09. The second kappa shape index (κ2) is 9.01. The number of carbonyl (C=O) groups is 1. The Bertz CT molecular complexity index is 938. The van der Waals surface area contributed by atoms with E-state index in [-0.39, 0.29) is 5.91 Å². The SMILES string of the molecule is O=C(CCc1nnc(Cc2ccc(-c3ccccc3)cc2)o1)N1CCC[C@H](O)C1. The minimum absolute atomic E-state index is 0.0278. The first-order chi connectivity index (χ1) is 14.2. The molecule has 3 aromatic rings. The topological polar surface area (TPSA) is 79.5 Å². The van der Waals surface area contributed by atoms with E-state index >= 15 is 0 Å². The lowest BCUT2D eigenvalue weighted by atomic mass is 10.0. The zero-order chi connectivity index (χ0) is 20.1. The summed E-state index contributed by atoms with van der Waals surface area (Å²) in [5, 5.41) is 17.9. The number of hydrogen-bond acceptors (Lipinski definition) is 5. The number of carbonyl (C=O) groups excluding carboxylic acids is 1. The van der Waals surface area contributed by atoms with Crippen molar-refractivity contribution in [2.45, 2.75) is 38.2 Å². The number of likely N-dealkylation sites (tertiary alicyclic amines) is 1. The van der Waals surface area contributed by atoms with Crippen molar-refractivity contribution in [2.75, 3.05) is 13.1 Å². The van der Waals surface area contributed by atoms with Gasteiger partial charge in [-0.25, -0.2) is 0 Å². The van der Waals surface area contributed by atoms with Gasteiger partial charge in [0.25, 0.3) is 0 Å². The molecule has 4 rings (SSSR count). The molecule has 0 radical (unpaired) electrons. The molecule has 0 bridgehead atoms. The van der Waals surface area contributed by atoms with Gasteiger partial charge in [0, 0.05) is 25.9 Å². The van der Waals surface area contributed by atoms with Crippen LogP contribution in [-0.4, -0.2) is 45.3 Å². The number of aromatic nitrogens is 2. The van der Waals surface area contributed by atoms with Crippen molar-refractivity contribution >= 4 is 5.91 Å². The van der Waals surface area contributed by atoms with Gasteiger partial charge >= 0.3 is 0 Å². The van der Waals surface area contributed by atoms with E-state index in [1.54, 1.807) is 4.90 Å². The number of aryl methyl sites for hydroxylation is 1. The second-order valence-electron chi connectivity index (χ2n) is 7.47. The first kappa shape index (κ1) is 19.3. The molecule has 6 nitrogen and oxygen atoms in total. The molecule has 0 unspecified atom stereocenters. The first-order valence-corrected chi connectivity index (χ1v) is 10.1. The van der Waals surface area contributed by atoms with Crippen LogP contribution in [0.1, 0.15) is 36.6 Å². The Morgan fingerprint density at radius 1 is 1.03 bits per heavy atom. The number of benzene rings is 2. The second-order valence-corrected chi connectivity index (χ2v) is 7.47. The summed E-state index contributed by atoms with van der Waals surface area (Å²) in [4.78, 5) is 14.0. The van der Waals surface area contributed by atoms with Gasteiger partial charge in [0.15, 0.2) is 0 Å². The Labute approximate surface area is 170 Å². The van der Waals surface area contributed by atoms with Crippen LogP contribution in [0.5, 0.6) is 0 Å². The molecule has 29 heavy (non-hydrogen) atoms. The number of hydrogen-bond donors (Lipinski definition) is 1. The largest absolute Gasteiger partial charge is 0.425 e. The van der Waals surface area contributed by atoms with Crippen LogP contribution in [0, 0.1) is 0 Å². The van der Waals surface area contributed by atoms with Gasteiger partial charge in [0.2, 0.25) is 17.7 Å². The van der Waals surface area contributed by atoms with Gasteiger partial charge in [-0.15, -0.1) is 10.2 Å². The molecule has 2 aromatic carbocycles. The lowest BCUT2D eigenvalue weighted by molar-refractivity contribution is -0.134. The van der Waals surface area contributed by atoms with Crippen LogP contribution >= 0.6 is 0 Å². The smallest absolute Gasteiger partial charge is 0.223 e. The normalized spacial score (nSPS) is 16.7. The third-order valence-corrected chi connectivity index (χ3v) is 5.23. The summed E-state index contributed by atoms with van der Waals surface area (Å²) in [5.41, 5.74) is 3.45. The summed E-state index contributed by atoms with van der Waals surface area (Å²) in [6, 6.07) is 18.6. The fourth-order valence-corrected chi connectivity index (χ4v) is 3.63. The fraction of sp³-hybridized carbons (Fsp3) is 0.348. The van der Waals surface area contributed by atoms with Crippen molar-refractivity contribution in [2.24, 2.45) is 0 Å². The number of rotatable bonds is 6. The number of amides is 1. The van der Waals surface area contributed by atoms with E-state index in [2.05, 4.69) is 46.6 Å². The average Bonchev–Trinajstić information content (AvgIpc) is 3.20. The molecular weight excluding hydrogens is 366 g/mol. The maximum Gasteiger partial charge on any atom is 0.223 e. The summed E-state index contributed by atoms with van der Waals surface area (Å²) in [5.74, 6) is 1.06. The molecule has 6 heteroatoms. The third-order valence-electron chi connectivity index (χ3n) is 5.23. The van der Waals surface area contributed by atoms with E-state index in [9.17, 15) is 9.90 Å². The first-order valence-electron chi connectivity index (χ1n) is 10.1. The van der Waals surface area contributed by atoms with Gasteiger partial charge in [-0.1, -0.05) is 54.6 Å². The highest BCUT2D eigenvalue weighted by molar-refractivity contribution is 5.76. The summed E-state index contributed by atoms with van der Waals surface area (Å²) < 4.78 is 5.72. The van der Waals surface area contributed by atoms with Crippen molar-refractivity contribution < 1.29 is 14.3 Å². The summed E-state index contributed by atoms with van der Waals surface area (Å²) in [6.07, 6.45) is 2.51. The Balaban J connectivity index is 1.30. The molecule has 0 spiro atoms. The Morgan fingerprint density at radius 2 is 1.76 bits per heavy atom. The Morgan fingerprint density at radius 3 is 2.52 bits per heavy atom. The summed E-state index contributed by atoms with van der Waals surface area (Å²) in [7, 11) is 0. The molecule has 150 valence electrons. The molecule has 1 saturated heterocycles. The van der Waals surface area contributed by atoms with E-state index in [0.29, 0.717) is 44.1 Å². The van der Waals surface area contributed by atoms with Gasteiger partial charge in [0.05, 0.1) is 12.5 Å². The lowest BCUT2D eigenvalue weighted by Crippen LogP contribution is -2.42. The van der Waals surface area contributed by atoms with Gasteiger partial charge in [0.1, 0.15) is 0 Å². The highest BCUT2D eigenvalue weighted by Gasteiger charge is 2.22. The molecule has 1 N–H and O–H groups in total. The number of aliphatic hydroxyl groups excluding tert-OH is 1. The van der Waals surface area contributed by atoms with Gasteiger partial charge < -0.3 is 14.4 Å². The standard InChI is InChI=1S/C23H25N3O3/c27-20-7-4-14-26(16-20)23(28)13-12-21-24-25-22(29-21)15-17-8-10-19(11-9-17)18-5-2-1-3-6-18/h1-3,5-6,8-11,20,27H,4,7,12-16H2/t20-/m0/s1. The van der Waals surface area contributed by atoms with E-state index in [1.807, 2.05) is 18.2 Å². The number of β-amino-alcohol motifs (C(OH)–C–C–N with tert-alkyl or cyclic N) is 1. The maximum absolute atomic E-state index is 12.3. The van der Waals surface area contributed by atoms with Gasteiger partial charge in [-0.2, -0.15) is 0 Å². The quantitative estimate of drug-likeness (QED) is 0.698. The Kier molecular flexibility index (Phi) is 6.00. The molecule has 1 aromatic heterocycles. The van der Waals surface area contributed by atoms with Crippen molar-refractivity contribution in [3.05, 3.63) is 71.9 Å². The van der Waals surface area contributed by atoms with Crippen LogP contribution in [0.4, 0.5) is 0 Å². The van der Waals surface area contributed by atoms with E-state index in [1.165, 1.54) is 11.1 Å². The number of aliphatic hydroxyl groups is 1. The minimum atomic E-state index is -0.406. The van der Waals surface area contributed by atoms with Crippen LogP contribution < -0.4 is 0 Å². The average molecular weight is 391 g/mol. The number of piperidine rings is 1. The molecule has 2 heterocycles. The molecule has 1 aliphatic heterocycles. The maximum atomic E-state index is 12.3. The minimum Gasteiger partial charge on any atom is -0.425 e. The zero-order valence-corrected chi connectivity index (χ0v) is 16.3. The summed E-state index contributed by atoms with van der Waals surface area (Å²) in [6.45, 7) is 1.14. The highest BCUT2D eigenvalue weighted by Crippen LogP contribution is 2.20. The lowest BCUT2D eigenvalue weighted by Gasteiger charge is -2.30. The fourth-order valence-electron chi connectivity index (χ4n) is 3.63. The van der Waals surface area contributed by atoms with E-state index in [4.69, 9.17) is 4.42 Å². The van der Waals surface area contributed by atoms with Crippen molar-refractivity contribution in [1.29, 1.82) is 0 Å². The molecule has 1 fully saturated rings. The van der Waals surface area contributed by atoms with Crippen molar-refractivity contribution in [3.8, 4) is 11.1 Å². The predicted octanol–water partition coefficient (Wildman–Crippen LogP) is 3.24. The van der Waals surface area contributed by atoms with Crippen LogP contribution in [0.15, 0.2) is 59.0 Å². The Hall–Kier alpha value is -2.99. The van der Waals surface area contributed by atoms with Crippen molar-refractivity contribution in [3.63, 3.8) is 0 Å². The van der Waals surface area contributed by atoms with Crippen molar-refractivity contribution in [1.82, 2.24) is 15.1 Å². The predicted molar refractivity (Wildman–Crippen MR) is 109 cm³/mol. The van der Waals surface area contributed by atoms with E-state index < -0.39 is 6.10 Å². The molecule has 1 aliphatic rings. The van der Waals surface area contributed by atoms with Crippen LogP contribution in [0.3, 0.4) is 0 Å².